The van der Waals surface area contributed by atoms with Crippen molar-refractivity contribution in [2.24, 2.45) is 10.7 Å². The van der Waals surface area contributed by atoms with Crippen LogP contribution in [0, 0.1) is 0 Å². The van der Waals surface area contributed by atoms with Crippen LogP contribution < -0.4 is 11.1 Å². The number of fused-ring (bicyclic) bond motifs is 1. The van der Waals surface area contributed by atoms with E-state index in [1.807, 2.05) is 42.5 Å². The standard InChI is InChI=1S/C13H13N3O/c1-9(17)15-13(14)16-12-7-6-10-4-2-3-5-11(10)8-12/h2-8H,1H3,(H3,14,15,16,17). The van der Waals surface area contributed by atoms with E-state index in [2.05, 4.69) is 10.3 Å². The molecule has 0 bridgehead atoms. The van der Waals surface area contributed by atoms with Crippen molar-refractivity contribution >= 4 is 28.3 Å². The molecule has 0 spiro atoms. The Hall–Kier alpha value is -2.36. The number of guanidine groups is 1. The molecule has 0 aliphatic heterocycles. The molecule has 0 aliphatic rings. The van der Waals surface area contributed by atoms with Gasteiger partial charge in [-0.15, -0.1) is 0 Å². The summed E-state index contributed by atoms with van der Waals surface area (Å²) in [5.41, 5.74) is 6.29. The molecule has 86 valence electrons. The predicted octanol–water partition coefficient (Wildman–Crippen LogP) is 1.92. The van der Waals surface area contributed by atoms with Gasteiger partial charge in [0, 0.05) is 6.92 Å². The minimum atomic E-state index is -0.230. The highest BCUT2D eigenvalue weighted by Gasteiger charge is 1.97. The Balaban J connectivity index is 2.33. The van der Waals surface area contributed by atoms with Gasteiger partial charge in [0.1, 0.15) is 0 Å². The Bertz CT molecular complexity index is 590. The van der Waals surface area contributed by atoms with Gasteiger partial charge in [0.2, 0.25) is 11.9 Å². The van der Waals surface area contributed by atoms with Crippen molar-refractivity contribution in [3.63, 3.8) is 0 Å². The van der Waals surface area contributed by atoms with Crippen LogP contribution in [-0.2, 0) is 4.79 Å². The number of carbonyl (C=O) groups is 1. The highest BCUT2D eigenvalue weighted by molar-refractivity contribution is 5.96. The van der Waals surface area contributed by atoms with Gasteiger partial charge < -0.3 is 5.73 Å². The number of carbonyl (C=O) groups excluding carboxylic acids is 1. The molecule has 2 aromatic rings. The normalized spacial score (nSPS) is 11.5. The van der Waals surface area contributed by atoms with Crippen LogP contribution in [0.1, 0.15) is 6.92 Å². The summed E-state index contributed by atoms with van der Waals surface area (Å²) >= 11 is 0. The molecule has 0 saturated heterocycles. The van der Waals surface area contributed by atoms with Crippen molar-refractivity contribution < 1.29 is 4.79 Å². The second-order valence-corrected chi connectivity index (χ2v) is 3.71. The maximum atomic E-state index is 10.8. The largest absolute Gasteiger partial charge is 0.369 e. The van der Waals surface area contributed by atoms with Crippen LogP contribution >= 0.6 is 0 Å². The third-order valence-electron chi connectivity index (χ3n) is 2.29. The van der Waals surface area contributed by atoms with Crippen molar-refractivity contribution in [3.05, 3.63) is 42.5 Å². The monoisotopic (exact) mass is 227 g/mol. The average molecular weight is 227 g/mol. The number of hydrogen-bond acceptors (Lipinski definition) is 2. The molecular weight excluding hydrogens is 214 g/mol. The lowest BCUT2D eigenvalue weighted by atomic mass is 10.1. The zero-order valence-corrected chi connectivity index (χ0v) is 9.47. The second kappa shape index (κ2) is 4.65. The number of aliphatic imine (C=N–C) groups is 1. The fraction of sp³-hybridized carbons (Fsp3) is 0.0769. The van der Waals surface area contributed by atoms with Gasteiger partial charge >= 0.3 is 0 Å². The van der Waals surface area contributed by atoms with E-state index in [9.17, 15) is 4.79 Å². The SMILES string of the molecule is CC(=O)NC(N)=Nc1ccc2ccccc2c1. The van der Waals surface area contributed by atoms with Gasteiger partial charge in [-0.1, -0.05) is 30.3 Å². The lowest BCUT2D eigenvalue weighted by Crippen LogP contribution is -2.34. The summed E-state index contributed by atoms with van der Waals surface area (Å²) in [6, 6.07) is 13.7. The van der Waals surface area contributed by atoms with Gasteiger partial charge in [-0.2, -0.15) is 0 Å². The number of amides is 1. The van der Waals surface area contributed by atoms with Gasteiger partial charge in [0.25, 0.3) is 0 Å². The molecular formula is C13H13N3O. The van der Waals surface area contributed by atoms with Crippen molar-refractivity contribution in [1.29, 1.82) is 0 Å². The van der Waals surface area contributed by atoms with E-state index in [1.165, 1.54) is 6.92 Å². The summed E-state index contributed by atoms with van der Waals surface area (Å²) in [6.45, 7) is 1.39. The number of nitrogens with one attached hydrogen (secondary N) is 1. The van der Waals surface area contributed by atoms with Crippen LogP contribution in [0.4, 0.5) is 5.69 Å². The summed E-state index contributed by atoms with van der Waals surface area (Å²) in [5, 5.41) is 4.66. The maximum Gasteiger partial charge on any atom is 0.223 e. The lowest BCUT2D eigenvalue weighted by Gasteiger charge is -2.02. The van der Waals surface area contributed by atoms with E-state index in [0.29, 0.717) is 0 Å². The van der Waals surface area contributed by atoms with Crippen molar-refractivity contribution in [3.8, 4) is 0 Å². The summed E-state index contributed by atoms with van der Waals surface area (Å²) in [4.78, 5) is 14.9. The molecule has 0 unspecified atom stereocenters. The molecule has 2 aromatic carbocycles. The van der Waals surface area contributed by atoms with Crippen LogP contribution in [0.5, 0.6) is 0 Å². The molecule has 4 nitrogen and oxygen atoms in total. The topological polar surface area (TPSA) is 67.5 Å². The first-order valence-corrected chi connectivity index (χ1v) is 5.26. The van der Waals surface area contributed by atoms with Crippen LogP contribution in [0.25, 0.3) is 10.8 Å². The van der Waals surface area contributed by atoms with Crippen LogP contribution in [0.15, 0.2) is 47.5 Å². The van der Waals surface area contributed by atoms with Crippen LogP contribution in [0.3, 0.4) is 0 Å². The smallest absolute Gasteiger partial charge is 0.223 e. The number of nitrogens with two attached hydrogens (primary N) is 1. The summed E-state index contributed by atoms with van der Waals surface area (Å²) in [5.74, 6) is -0.125. The van der Waals surface area contributed by atoms with E-state index in [0.717, 1.165) is 16.5 Å². The zero-order chi connectivity index (χ0) is 12.3. The fourth-order valence-electron chi connectivity index (χ4n) is 1.59. The van der Waals surface area contributed by atoms with Gasteiger partial charge in [0.05, 0.1) is 5.69 Å². The second-order valence-electron chi connectivity index (χ2n) is 3.71. The minimum Gasteiger partial charge on any atom is -0.369 e. The van der Waals surface area contributed by atoms with Crippen LogP contribution in [-0.4, -0.2) is 11.9 Å². The highest BCUT2D eigenvalue weighted by atomic mass is 16.1. The fourth-order valence-corrected chi connectivity index (χ4v) is 1.59. The molecule has 17 heavy (non-hydrogen) atoms. The van der Waals surface area contributed by atoms with E-state index in [4.69, 9.17) is 5.73 Å². The molecule has 0 radical (unpaired) electrons. The number of nitrogens with zero attached hydrogens (tertiary/aromatic N) is 1. The van der Waals surface area contributed by atoms with Crippen LogP contribution in [0.2, 0.25) is 0 Å². The first kappa shape index (κ1) is 11.1. The Labute approximate surface area is 99.2 Å². The molecule has 3 N–H and O–H groups in total. The molecule has 0 aliphatic carbocycles. The summed E-state index contributed by atoms with van der Waals surface area (Å²) < 4.78 is 0. The summed E-state index contributed by atoms with van der Waals surface area (Å²) in [6.07, 6.45) is 0. The highest BCUT2D eigenvalue weighted by Crippen LogP contribution is 2.20. The van der Waals surface area contributed by atoms with Gasteiger partial charge in [-0.25, -0.2) is 4.99 Å². The number of hydrogen-bond donors (Lipinski definition) is 2. The van der Waals surface area contributed by atoms with Crippen molar-refractivity contribution in [2.75, 3.05) is 0 Å². The molecule has 1 amide bonds. The van der Waals surface area contributed by atoms with Gasteiger partial charge in [-0.3, -0.25) is 10.1 Å². The van der Waals surface area contributed by atoms with Crippen molar-refractivity contribution in [1.82, 2.24) is 5.32 Å². The molecule has 0 atom stereocenters. The van der Waals surface area contributed by atoms with Gasteiger partial charge in [0.15, 0.2) is 0 Å². The quantitative estimate of drug-likeness (QED) is 0.577. The van der Waals surface area contributed by atoms with Gasteiger partial charge in [-0.05, 0) is 22.9 Å². The third kappa shape index (κ3) is 2.81. The minimum absolute atomic E-state index is 0.104. The molecule has 4 heteroatoms. The summed E-state index contributed by atoms with van der Waals surface area (Å²) in [7, 11) is 0. The first-order valence-electron chi connectivity index (χ1n) is 5.26. The lowest BCUT2D eigenvalue weighted by molar-refractivity contribution is -0.117. The Kier molecular flexibility index (Phi) is 3.05. The Morgan fingerprint density at radius 3 is 2.59 bits per heavy atom. The van der Waals surface area contributed by atoms with Crippen molar-refractivity contribution in [2.45, 2.75) is 6.92 Å². The van der Waals surface area contributed by atoms with E-state index in [1.54, 1.807) is 0 Å². The Morgan fingerprint density at radius 1 is 1.18 bits per heavy atom. The molecule has 0 fully saturated rings. The van der Waals surface area contributed by atoms with E-state index < -0.39 is 0 Å². The predicted molar refractivity (Wildman–Crippen MR) is 69.0 cm³/mol. The molecule has 2 rings (SSSR count). The first-order chi connectivity index (χ1) is 8.15. The van der Waals surface area contributed by atoms with E-state index >= 15 is 0 Å². The number of rotatable bonds is 1. The molecule has 0 aromatic heterocycles. The van der Waals surface area contributed by atoms with E-state index in [-0.39, 0.29) is 11.9 Å². The average Bonchev–Trinajstić information content (AvgIpc) is 2.27. The maximum absolute atomic E-state index is 10.8. The zero-order valence-electron chi connectivity index (χ0n) is 9.47. The number of benzene rings is 2. The molecule has 0 saturated carbocycles. The third-order valence-corrected chi connectivity index (χ3v) is 2.29. The Morgan fingerprint density at radius 2 is 1.88 bits per heavy atom. The molecule has 0 heterocycles.